The summed E-state index contributed by atoms with van der Waals surface area (Å²) in [5.74, 6) is 0.634. The molecule has 2 atom stereocenters. The Labute approximate surface area is 67.6 Å². The van der Waals surface area contributed by atoms with Crippen LogP contribution in [0.15, 0.2) is 0 Å². The molecule has 0 aliphatic carbocycles. The molecule has 3 heteroatoms. The Morgan fingerprint density at radius 3 is 3.00 bits per heavy atom. The maximum atomic E-state index is 8.70. The van der Waals surface area contributed by atoms with Crippen LogP contribution in [0.1, 0.15) is 13.3 Å². The zero-order valence-electron chi connectivity index (χ0n) is 7.08. The Morgan fingerprint density at radius 1 is 1.73 bits per heavy atom. The molecule has 0 aromatic heterocycles. The van der Waals surface area contributed by atoms with Crippen LogP contribution in [0.2, 0.25) is 0 Å². The normalized spacial score (nSPS) is 30.5. The summed E-state index contributed by atoms with van der Waals surface area (Å²) in [4.78, 5) is 1.81. The molecule has 0 aromatic rings. The van der Waals surface area contributed by atoms with E-state index in [-0.39, 0.29) is 0 Å². The molecule has 0 N–H and O–H groups in total. The second-order valence-corrected chi connectivity index (χ2v) is 3.20. The third-order valence-electron chi connectivity index (χ3n) is 2.11. The van der Waals surface area contributed by atoms with Crippen molar-refractivity contribution in [3.63, 3.8) is 0 Å². The molecular formula is C8H14N2O. The topological polar surface area (TPSA) is 36.3 Å². The van der Waals surface area contributed by atoms with Gasteiger partial charge in [0.2, 0.25) is 0 Å². The van der Waals surface area contributed by atoms with Gasteiger partial charge in [-0.05, 0) is 12.3 Å². The number of hydrogen-bond donors (Lipinski definition) is 0. The van der Waals surface area contributed by atoms with E-state index in [0.29, 0.717) is 18.6 Å². The van der Waals surface area contributed by atoms with Crippen LogP contribution in [0.25, 0.3) is 0 Å². The van der Waals surface area contributed by atoms with E-state index in [9.17, 15) is 0 Å². The third kappa shape index (κ3) is 1.84. The van der Waals surface area contributed by atoms with Crippen molar-refractivity contribution in [2.45, 2.75) is 19.4 Å². The van der Waals surface area contributed by atoms with Gasteiger partial charge in [-0.25, -0.2) is 0 Å². The highest BCUT2D eigenvalue weighted by Crippen LogP contribution is 2.21. The fraction of sp³-hybridized carbons (Fsp3) is 0.875. The van der Waals surface area contributed by atoms with Crippen molar-refractivity contribution in [2.24, 2.45) is 5.92 Å². The van der Waals surface area contributed by atoms with Gasteiger partial charge < -0.3 is 9.64 Å². The number of rotatable bonds is 2. The van der Waals surface area contributed by atoms with E-state index in [4.69, 9.17) is 10.00 Å². The van der Waals surface area contributed by atoms with Gasteiger partial charge >= 0.3 is 0 Å². The van der Waals surface area contributed by atoms with Crippen LogP contribution in [0.3, 0.4) is 0 Å². The highest BCUT2D eigenvalue weighted by Gasteiger charge is 2.28. The molecule has 1 rings (SSSR count). The first-order chi connectivity index (χ1) is 5.27. The molecule has 0 unspecified atom stereocenters. The van der Waals surface area contributed by atoms with Gasteiger partial charge in [0.15, 0.2) is 6.19 Å². The summed E-state index contributed by atoms with van der Waals surface area (Å²) in [5.41, 5.74) is 0. The van der Waals surface area contributed by atoms with Crippen molar-refractivity contribution >= 4 is 0 Å². The Kier molecular flexibility index (Phi) is 2.72. The van der Waals surface area contributed by atoms with E-state index < -0.39 is 0 Å². The van der Waals surface area contributed by atoms with Crippen molar-refractivity contribution in [1.82, 2.24) is 4.90 Å². The molecule has 0 radical (unpaired) electrons. The Bertz CT molecular complexity index is 164. The smallest absolute Gasteiger partial charge is 0.179 e. The molecular weight excluding hydrogens is 140 g/mol. The van der Waals surface area contributed by atoms with Crippen LogP contribution in [-0.2, 0) is 4.74 Å². The number of ether oxygens (including phenoxy) is 1. The predicted molar refractivity (Wildman–Crippen MR) is 41.8 cm³/mol. The van der Waals surface area contributed by atoms with E-state index in [1.165, 1.54) is 0 Å². The third-order valence-corrected chi connectivity index (χ3v) is 2.11. The van der Waals surface area contributed by atoms with Crippen LogP contribution in [0.4, 0.5) is 0 Å². The van der Waals surface area contributed by atoms with Gasteiger partial charge in [-0.1, -0.05) is 6.92 Å². The van der Waals surface area contributed by atoms with Crippen molar-refractivity contribution in [2.75, 3.05) is 20.3 Å². The van der Waals surface area contributed by atoms with Gasteiger partial charge in [0.1, 0.15) is 0 Å². The number of hydrogen-bond acceptors (Lipinski definition) is 3. The molecule has 1 aliphatic rings. The molecule has 1 aliphatic heterocycles. The minimum Gasteiger partial charge on any atom is -0.383 e. The minimum atomic E-state index is 0.319. The lowest BCUT2D eigenvalue weighted by Gasteiger charge is -2.16. The predicted octanol–water partition coefficient (Wildman–Crippen LogP) is 0.824. The molecule has 1 heterocycles. The average Bonchev–Trinajstić information content (AvgIpc) is 2.32. The average molecular weight is 154 g/mol. The van der Waals surface area contributed by atoms with Gasteiger partial charge in [0, 0.05) is 13.7 Å². The zero-order chi connectivity index (χ0) is 8.27. The van der Waals surface area contributed by atoms with Crippen molar-refractivity contribution in [1.29, 1.82) is 5.26 Å². The summed E-state index contributed by atoms with van der Waals surface area (Å²) in [6.07, 6.45) is 3.27. The SMILES string of the molecule is COC[C@@H]1C[C@@H](C)CN1C#N. The summed E-state index contributed by atoms with van der Waals surface area (Å²) in [6, 6.07) is 0.319. The summed E-state index contributed by atoms with van der Waals surface area (Å²) in [6.45, 7) is 3.74. The monoisotopic (exact) mass is 154 g/mol. The van der Waals surface area contributed by atoms with Gasteiger partial charge in [0.25, 0.3) is 0 Å². The van der Waals surface area contributed by atoms with E-state index in [2.05, 4.69) is 13.1 Å². The highest BCUT2D eigenvalue weighted by molar-refractivity contribution is 4.90. The number of nitriles is 1. The summed E-state index contributed by atoms with van der Waals surface area (Å²) < 4.78 is 5.01. The summed E-state index contributed by atoms with van der Waals surface area (Å²) in [7, 11) is 1.68. The van der Waals surface area contributed by atoms with Crippen LogP contribution in [0, 0.1) is 17.4 Å². The quantitative estimate of drug-likeness (QED) is 0.552. The van der Waals surface area contributed by atoms with Gasteiger partial charge in [-0.15, -0.1) is 0 Å². The van der Waals surface area contributed by atoms with Crippen molar-refractivity contribution in [3.05, 3.63) is 0 Å². The number of nitrogens with zero attached hydrogens (tertiary/aromatic N) is 2. The first-order valence-electron chi connectivity index (χ1n) is 3.93. The Hall–Kier alpha value is -0.750. The first kappa shape index (κ1) is 8.35. The molecule has 0 saturated carbocycles. The molecule has 0 aromatic carbocycles. The van der Waals surface area contributed by atoms with Crippen LogP contribution >= 0.6 is 0 Å². The van der Waals surface area contributed by atoms with Gasteiger partial charge in [-0.3, -0.25) is 0 Å². The lowest BCUT2D eigenvalue weighted by Crippen LogP contribution is -2.28. The van der Waals surface area contributed by atoms with Crippen molar-refractivity contribution < 1.29 is 4.74 Å². The van der Waals surface area contributed by atoms with E-state index >= 15 is 0 Å². The number of likely N-dealkylation sites (tertiary alicyclic amines) is 1. The second kappa shape index (κ2) is 3.59. The summed E-state index contributed by atoms with van der Waals surface area (Å²) in [5, 5.41) is 8.70. The molecule has 1 fully saturated rings. The van der Waals surface area contributed by atoms with E-state index in [1.54, 1.807) is 7.11 Å². The summed E-state index contributed by atoms with van der Waals surface area (Å²) >= 11 is 0. The fourth-order valence-corrected chi connectivity index (χ4v) is 1.62. The zero-order valence-corrected chi connectivity index (χ0v) is 7.08. The molecule has 62 valence electrons. The standard InChI is InChI=1S/C8H14N2O/c1-7-3-8(5-11-2)10(4-7)6-9/h7-8H,3-5H2,1-2H3/t7-,8+/m1/s1. The molecule has 0 spiro atoms. The first-order valence-corrected chi connectivity index (χ1v) is 3.93. The maximum absolute atomic E-state index is 8.70. The van der Waals surface area contributed by atoms with Crippen LogP contribution in [0.5, 0.6) is 0 Å². The van der Waals surface area contributed by atoms with Crippen molar-refractivity contribution in [3.8, 4) is 6.19 Å². The molecule has 3 nitrogen and oxygen atoms in total. The van der Waals surface area contributed by atoms with E-state index in [0.717, 1.165) is 13.0 Å². The molecule has 1 saturated heterocycles. The van der Waals surface area contributed by atoms with E-state index in [1.807, 2.05) is 4.90 Å². The number of methoxy groups -OCH3 is 1. The lowest BCUT2D eigenvalue weighted by atomic mass is 10.1. The van der Waals surface area contributed by atoms with Gasteiger partial charge in [-0.2, -0.15) is 5.26 Å². The Morgan fingerprint density at radius 2 is 2.45 bits per heavy atom. The fourth-order valence-electron chi connectivity index (χ4n) is 1.62. The maximum Gasteiger partial charge on any atom is 0.179 e. The largest absolute Gasteiger partial charge is 0.383 e. The molecule has 11 heavy (non-hydrogen) atoms. The Balaban J connectivity index is 2.45. The molecule has 0 bridgehead atoms. The van der Waals surface area contributed by atoms with Crippen LogP contribution < -0.4 is 0 Å². The van der Waals surface area contributed by atoms with Crippen LogP contribution in [-0.4, -0.2) is 31.2 Å². The molecule has 0 amide bonds. The highest BCUT2D eigenvalue weighted by atomic mass is 16.5. The minimum absolute atomic E-state index is 0.319. The lowest BCUT2D eigenvalue weighted by molar-refractivity contribution is 0.141. The van der Waals surface area contributed by atoms with Gasteiger partial charge in [0.05, 0.1) is 12.6 Å². The second-order valence-electron chi connectivity index (χ2n) is 3.20.